The monoisotopic (exact) mass is 373 g/mol. The fourth-order valence-electron chi connectivity index (χ4n) is 2.55. The lowest BCUT2D eigenvalue weighted by atomic mass is 10.2. The molecule has 2 amide bonds. The zero-order valence-corrected chi connectivity index (χ0v) is 15.8. The van der Waals surface area contributed by atoms with Crippen molar-refractivity contribution in [2.24, 2.45) is 5.92 Å². The molecular weight excluding hydrogens is 350 g/mol. The van der Waals surface area contributed by atoms with E-state index in [4.69, 9.17) is 4.52 Å². The molecule has 0 saturated heterocycles. The summed E-state index contributed by atoms with van der Waals surface area (Å²) in [5.74, 6) is 2.13. The lowest BCUT2D eigenvalue weighted by Crippen LogP contribution is -2.24. The van der Waals surface area contributed by atoms with E-state index in [9.17, 15) is 9.59 Å². The van der Waals surface area contributed by atoms with Gasteiger partial charge < -0.3 is 15.2 Å². The number of aromatic nitrogens is 1. The van der Waals surface area contributed by atoms with E-state index >= 15 is 0 Å². The third kappa shape index (κ3) is 5.11. The van der Waals surface area contributed by atoms with Crippen LogP contribution in [-0.2, 0) is 21.9 Å². The molecule has 0 aliphatic heterocycles. The zero-order valence-electron chi connectivity index (χ0n) is 15.0. The average Bonchev–Trinajstić information content (AvgIpc) is 3.42. The zero-order chi connectivity index (χ0) is 18.5. The van der Waals surface area contributed by atoms with Crippen molar-refractivity contribution in [3.8, 4) is 0 Å². The number of thioether (sulfide) groups is 1. The Bertz CT molecular complexity index is 780. The molecule has 1 fully saturated rings. The quantitative estimate of drug-likeness (QED) is 0.742. The van der Waals surface area contributed by atoms with Crippen LogP contribution in [0.1, 0.15) is 35.4 Å². The number of rotatable bonds is 8. The molecule has 1 aliphatic carbocycles. The summed E-state index contributed by atoms with van der Waals surface area (Å²) in [5, 5.41) is 9.75. The Kier molecular flexibility index (Phi) is 5.98. The highest BCUT2D eigenvalue weighted by molar-refractivity contribution is 7.99. The number of amides is 2. The average molecular weight is 373 g/mol. The number of hydrogen-bond acceptors (Lipinski definition) is 5. The first-order valence-corrected chi connectivity index (χ1v) is 9.84. The van der Waals surface area contributed by atoms with E-state index in [0.29, 0.717) is 18.1 Å². The maximum atomic E-state index is 12.0. The maximum Gasteiger partial charge on any atom is 0.230 e. The lowest BCUT2D eigenvalue weighted by molar-refractivity contribution is -0.119. The molecule has 7 heteroatoms. The minimum absolute atomic E-state index is 0.0193. The molecule has 1 aromatic carbocycles. The topological polar surface area (TPSA) is 84.2 Å². The molecule has 1 aromatic heterocycles. The molecule has 26 heavy (non-hydrogen) atoms. The van der Waals surface area contributed by atoms with E-state index in [1.54, 1.807) is 0 Å². The molecule has 0 bridgehead atoms. The second kappa shape index (κ2) is 8.40. The fourth-order valence-corrected chi connectivity index (χ4v) is 3.56. The van der Waals surface area contributed by atoms with E-state index in [-0.39, 0.29) is 17.7 Å². The van der Waals surface area contributed by atoms with Gasteiger partial charge in [0, 0.05) is 29.5 Å². The smallest absolute Gasteiger partial charge is 0.230 e. The summed E-state index contributed by atoms with van der Waals surface area (Å²) in [6.07, 6.45) is 1.96. The Morgan fingerprint density at radius 1 is 1.31 bits per heavy atom. The Morgan fingerprint density at radius 3 is 2.81 bits per heavy atom. The summed E-state index contributed by atoms with van der Waals surface area (Å²) >= 11 is 1.54. The van der Waals surface area contributed by atoms with Gasteiger partial charge in [0.05, 0.1) is 11.4 Å². The lowest BCUT2D eigenvalue weighted by Gasteiger charge is -2.08. The van der Waals surface area contributed by atoms with Gasteiger partial charge in [0.15, 0.2) is 0 Å². The summed E-state index contributed by atoms with van der Waals surface area (Å²) in [4.78, 5) is 23.9. The van der Waals surface area contributed by atoms with Gasteiger partial charge in [-0.3, -0.25) is 9.59 Å². The highest BCUT2D eigenvalue weighted by atomic mass is 32.2. The van der Waals surface area contributed by atoms with Crippen molar-refractivity contribution in [1.29, 1.82) is 0 Å². The largest absolute Gasteiger partial charge is 0.361 e. The van der Waals surface area contributed by atoms with Gasteiger partial charge in [-0.15, -0.1) is 11.8 Å². The normalized spacial score (nSPS) is 13.5. The third-order valence-corrected chi connectivity index (χ3v) is 5.25. The van der Waals surface area contributed by atoms with Crippen LogP contribution in [0.4, 0.5) is 5.69 Å². The van der Waals surface area contributed by atoms with Crippen molar-refractivity contribution >= 4 is 29.3 Å². The van der Waals surface area contributed by atoms with E-state index in [2.05, 4.69) is 15.8 Å². The summed E-state index contributed by atoms with van der Waals surface area (Å²) in [6, 6.07) is 7.59. The van der Waals surface area contributed by atoms with Crippen molar-refractivity contribution in [2.75, 3.05) is 11.1 Å². The van der Waals surface area contributed by atoms with Crippen molar-refractivity contribution in [2.45, 2.75) is 39.0 Å². The van der Waals surface area contributed by atoms with Gasteiger partial charge in [-0.05, 0) is 44.4 Å². The predicted molar refractivity (Wildman–Crippen MR) is 102 cm³/mol. The van der Waals surface area contributed by atoms with E-state index in [1.165, 1.54) is 11.8 Å². The highest BCUT2D eigenvalue weighted by Crippen LogP contribution is 2.30. The minimum Gasteiger partial charge on any atom is -0.361 e. The molecule has 138 valence electrons. The SMILES string of the molecule is Cc1noc(C)c1CSCC(=O)NCc1cccc(NC(=O)C2CC2)c1. The molecule has 6 nitrogen and oxygen atoms in total. The Hall–Kier alpha value is -2.28. The standard InChI is InChI=1S/C19H23N3O3S/c1-12-17(13(2)25-22-12)10-26-11-18(23)20-9-14-4-3-5-16(8-14)21-19(24)15-6-7-15/h3-5,8,15H,6-7,9-11H2,1-2H3,(H,20,23)(H,21,24). The number of hydrogen-bond donors (Lipinski definition) is 2. The number of aryl methyl sites for hydroxylation is 2. The summed E-state index contributed by atoms with van der Waals surface area (Å²) < 4.78 is 5.12. The Balaban J connectivity index is 1.41. The van der Waals surface area contributed by atoms with Crippen molar-refractivity contribution < 1.29 is 14.1 Å². The molecule has 1 saturated carbocycles. The first-order valence-electron chi connectivity index (χ1n) is 8.69. The molecule has 2 aromatic rings. The molecular formula is C19H23N3O3S. The molecule has 0 unspecified atom stereocenters. The third-order valence-electron chi connectivity index (χ3n) is 4.29. The van der Waals surface area contributed by atoms with Gasteiger partial charge in [-0.2, -0.15) is 0 Å². The second-order valence-electron chi connectivity index (χ2n) is 6.54. The van der Waals surface area contributed by atoms with Crippen LogP contribution in [0, 0.1) is 19.8 Å². The molecule has 1 heterocycles. The van der Waals surface area contributed by atoms with Crippen molar-refractivity contribution in [1.82, 2.24) is 10.5 Å². The van der Waals surface area contributed by atoms with Gasteiger partial charge in [0.25, 0.3) is 0 Å². The maximum absolute atomic E-state index is 12.0. The molecule has 2 N–H and O–H groups in total. The van der Waals surface area contributed by atoms with Crippen LogP contribution in [0.3, 0.4) is 0 Å². The fraction of sp³-hybridized carbons (Fsp3) is 0.421. The van der Waals surface area contributed by atoms with Crippen LogP contribution in [-0.4, -0.2) is 22.7 Å². The van der Waals surface area contributed by atoms with Gasteiger partial charge >= 0.3 is 0 Å². The first-order chi connectivity index (χ1) is 12.5. The van der Waals surface area contributed by atoms with Gasteiger partial charge in [0.1, 0.15) is 5.76 Å². The number of nitrogens with one attached hydrogen (secondary N) is 2. The highest BCUT2D eigenvalue weighted by Gasteiger charge is 2.29. The second-order valence-corrected chi connectivity index (χ2v) is 7.52. The summed E-state index contributed by atoms with van der Waals surface area (Å²) in [5.41, 5.74) is 3.67. The van der Waals surface area contributed by atoms with E-state index in [0.717, 1.165) is 41.1 Å². The molecule has 0 spiro atoms. The number of anilines is 1. The molecule has 0 radical (unpaired) electrons. The van der Waals surface area contributed by atoms with Crippen molar-refractivity contribution in [3.63, 3.8) is 0 Å². The van der Waals surface area contributed by atoms with Crippen molar-refractivity contribution in [3.05, 3.63) is 46.8 Å². The van der Waals surface area contributed by atoms with Gasteiger partial charge in [-0.25, -0.2) is 0 Å². The summed E-state index contributed by atoms with van der Waals surface area (Å²) in [6.45, 7) is 4.23. The Labute approximate surface area is 157 Å². The first kappa shape index (κ1) is 18.5. The Morgan fingerprint density at radius 2 is 2.12 bits per heavy atom. The number of nitrogens with zero attached hydrogens (tertiary/aromatic N) is 1. The van der Waals surface area contributed by atoms with Crippen LogP contribution in [0.5, 0.6) is 0 Å². The van der Waals surface area contributed by atoms with E-state index < -0.39 is 0 Å². The van der Waals surface area contributed by atoms with Gasteiger partial charge in [0.2, 0.25) is 11.8 Å². The molecule has 3 rings (SSSR count). The van der Waals surface area contributed by atoms with Gasteiger partial charge in [-0.1, -0.05) is 17.3 Å². The van der Waals surface area contributed by atoms with Crippen LogP contribution in [0.2, 0.25) is 0 Å². The van der Waals surface area contributed by atoms with E-state index in [1.807, 2.05) is 38.1 Å². The number of benzene rings is 1. The summed E-state index contributed by atoms with van der Waals surface area (Å²) in [7, 11) is 0. The minimum atomic E-state index is -0.0193. The number of carbonyl (C=O) groups excluding carboxylic acids is 2. The van der Waals surface area contributed by atoms with Crippen LogP contribution in [0.15, 0.2) is 28.8 Å². The molecule has 1 aliphatic rings. The molecule has 0 atom stereocenters. The van der Waals surface area contributed by atoms with Crippen LogP contribution in [0.25, 0.3) is 0 Å². The van der Waals surface area contributed by atoms with Crippen LogP contribution >= 0.6 is 11.8 Å². The van der Waals surface area contributed by atoms with Crippen LogP contribution < -0.4 is 10.6 Å². The predicted octanol–water partition coefficient (Wildman–Crippen LogP) is 3.19. The number of carbonyl (C=O) groups is 2.